The average Bonchev–Trinajstić information content (AvgIpc) is 3.01. The Kier molecular flexibility index (Phi) is 8.96. The number of hydrogen-bond donors (Lipinski definition) is 2. The Morgan fingerprint density at radius 3 is 2.23 bits per heavy atom. The molecule has 1 fully saturated rings. The zero-order chi connectivity index (χ0) is 30.4. The fourth-order valence-corrected chi connectivity index (χ4v) is 4.80. The third kappa shape index (κ3) is 7.92. The van der Waals surface area contributed by atoms with E-state index in [1.165, 1.54) is 18.2 Å². The number of morpholine rings is 1. The van der Waals surface area contributed by atoms with Crippen LogP contribution in [0.2, 0.25) is 0 Å². The second kappa shape index (κ2) is 13.0. The van der Waals surface area contributed by atoms with Gasteiger partial charge >= 0.3 is 6.36 Å². The van der Waals surface area contributed by atoms with E-state index in [9.17, 15) is 22.8 Å². The molecule has 5 rings (SSSR count). The molecule has 0 bridgehead atoms. The Morgan fingerprint density at radius 1 is 0.860 bits per heavy atom. The Balaban J connectivity index is 1.21. The van der Waals surface area contributed by atoms with Crippen molar-refractivity contribution in [3.05, 3.63) is 113 Å². The highest BCUT2D eigenvalue weighted by atomic mass is 19.4. The molecule has 2 N–H and O–H groups in total. The number of ether oxygens (including phenoxy) is 2. The van der Waals surface area contributed by atoms with Gasteiger partial charge in [0.05, 0.1) is 13.2 Å². The maximum Gasteiger partial charge on any atom is 0.573 e. The summed E-state index contributed by atoms with van der Waals surface area (Å²) in [4.78, 5) is 27.9. The average molecular weight is 590 g/mol. The quantitative estimate of drug-likeness (QED) is 0.243. The summed E-state index contributed by atoms with van der Waals surface area (Å²) in [5.41, 5.74) is 5.86. The minimum Gasteiger partial charge on any atom is -0.406 e. The summed E-state index contributed by atoms with van der Waals surface area (Å²) in [6, 6.07) is 25.6. The fourth-order valence-electron chi connectivity index (χ4n) is 4.80. The van der Waals surface area contributed by atoms with Crippen molar-refractivity contribution in [2.45, 2.75) is 19.8 Å². The summed E-state index contributed by atoms with van der Waals surface area (Å²) in [5, 5.41) is 5.68. The van der Waals surface area contributed by atoms with Gasteiger partial charge in [-0.2, -0.15) is 0 Å². The zero-order valence-corrected chi connectivity index (χ0v) is 23.4. The number of carbonyl (C=O) groups is 2. The molecule has 2 amide bonds. The molecule has 0 spiro atoms. The molecule has 7 nitrogen and oxygen atoms in total. The van der Waals surface area contributed by atoms with E-state index in [0.29, 0.717) is 35.6 Å². The Hall–Kier alpha value is -4.83. The fraction of sp³-hybridized carbons (Fsp3) is 0.212. The number of nitrogens with one attached hydrogen (secondary N) is 2. The topological polar surface area (TPSA) is 79.9 Å². The molecule has 0 aromatic heterocycles. The number of aryl methyl sites for hydroxylation is 1. The minimum absolute atomic E-state index is 0.0342. The maximum absolute atomic E-state index is 13.0. The van der Waals surface area contributed by atoms with Crippen molar-refractivity contribution < 1.29 is 32.2 Å². The van der Waals surface area contributed by atoms with Crippen LogP contribution in [0.3, 0.4) is 0 Å². The van der Waals surface area contributed by atoms with Gasteiger partial charge in [0.2, 0.25) is 0 Å². The van der Waals surface area contributed by atoms with E-state index in [1.807, 2.05) is 61.5 Å². The van der Waals surface area contributed by atoms with Crippen molar-refractivity contribution in [2.24, 2.45) is 0 Å². The SMILES string of the molecule is Cc1ccc(NC(=O)c2ccc(N3CCOCC3)cc2)cc1-c1ccc(C(=O)NCc2cccc(OC(F)(F)F)c2)cc1. The first kappa shape index (κ1) is 29.7. The van der Waals surface area contributed by atoms with E-state index >= 15 is 0 Å². The van der Waals surface area contributed by atoms with Crippen molar-refractivity contribution in [1.29, 1.82) is 0 Å². The number of nitrogens with zero attached hydrogens (tertiary/aromatic N) is 1. The van der Waals surface area contributed by atoms with Gasteiger partial charge in [0.15, 0.2) is 0 Å². The van der Waals surface area contributed by atoms with Crippen LogP contribution in [0.15, 0.2) is 91.0 Å². The third-order valence-electron chi connectivity index (χ3n) is 7.04. The van der Waals surface area contributed by atoms with Crippen LogP contribution < -0.4 is 20.3 Å². The number of carbonyl (C=O) groups excluding carboxylic acids is 2. The van der Waals surface area contributed by atoms with E-state index in [4.69, 9.17) is 4.74 Å². The molecule has 1 saturated heterocycles. The number of anilines is 2. The lowest BCUT2D eigenvalue weighted by Crippen LogP contribution is -2.36. The second-order valence-electron chi connectivity index (χ2n) is 10.1. The van der Waals surface area contributed by atoms with Gasteiger partial charge in [-0.15, -0.1) is 13.2 Å². The Labute approximate surface area is 247 Å². The summed E-state index contributed by atoms with van der Waals surface area (Å²) in [6.07, 6.45) is -4.79. The summed E-state index contributed by atoms with van der Waals surface area (Å²) >= 11 is 0. The first-order chi connectivity index (χ1) is 20.6. The van der Waals surface area contributed by atoms with Crippen LogP contribution in [0.1, 0.15) is 31.8 Å². The normalized spacial score (nSPS) is 13.3. The first-order valence-electron chi connectivity index (χ1n) is 13.7. The van der Waals surface area contributed by atoms with E-state index in [1.54, 1.807) is 18.2 Å². The lowest BCUT2D eigenvalue weighted by atomic mass is 9.98. The van der Waals surface area contributed by atoms with Crippen LogP contribution >= 0.6 is 0 Å². The van der Waals surface area contributed by atoms with Gasteiger partial charge < -0.3 is 25.0 Å². The van der Waals surface area contributed by atoms with Crippen LogP contribution in [0, 0.1) is 6.92 Å². The highest BCUT2D eigenvalue weighted by Gasteiger charge is 2.31. The van der Waals surface area contributed by atoms with Crippen LogP contribution in [-0.4, -0.2) is 44.5 Å². The number of halogens is 3. The summed E-state index contributed by atoms with van der Waals surface area (Å²) in [7, 11) is 0. The van der Waals surface area contributed by atoms with Gasteiger partial charge in [-0.3, -0.25) is 9.59 Å². The van der Waals surface area contributed by atoms with E-state index < -0.39 is 6.36 Å². The molecule has 0 unspecified atom stereocenters. The molecule has 0 atom stereocenters. The van der Waals surface area contributed by atoms with Crippen molar-refractivity contribution in [1.82, 2.24) is 5.32 Å². The van der Waals surface area contributed by atoms with E-state index in [0.717, 1.165) is 35.5 Å². The molecule has 4 aromatic carbocycles. The predicted octanol–water partition coefficient (Wildman–Crippen LogP) is 6.58. The highest BCUT2D eigenvalue weighted by molar-refractivity contribution is 6.04. The van der Waals surface area contributed by atoms with Gasteiger partial charge in [-0.25, -0.2) is 0 Å². The van der Waals surface area contributed by atoms with Crippen LogP contribution in [-0.2, 0) is 11.3 Å². The third-order valence-corrected chi connectivity index (χ3v) is 7.04. The summed E-state index contributed by atoms with van der Waals surface area (Å²) < 4.78 is 46.8. The number of rotatable bonds is 8. The lowest BCUT2D eigenvalue weighted by molar-refractivity contribution is -0.274. The molecule has 43 heavy (non-hydrogen) atoms. The monoisotopic (exact) mass is 589 g/mol. The zero-order valence-electron chi connectivity index (χ0n) is 23.4. The molecular weight excluding hydrogens is 559 g/mol. The van der Waals surface area contributed by atoms with Gasteiger partial charge in [-0.1, -0.05) is 30.3 Å². The first-order valence-corrected chi connectivity index (χ1v) is 13.7. The largest absolute Gasteiger partial charge is 0.573 e. The van der Waals surface area contributed by atoms with Gasteiger partial charge in [0.1, 0.15) is 5.75 Å². The highest BCUT2D eigenvalue weighted by Crippen LogP contribution is 2.28. The second-order valence-corrected chi connectivity index (χ2v) is 10.1. The maximum atomic E-state index is 13.0. The summed E-state index contributed by atoms with van der Waals surface area (Å²) in [5.74, 6) is -0.934. The molecule has 1 heterocycles. The Bertz CT molecular complexity index is 1580. The number of amides is 2. The number of hydrogen-bond acceptors (Lipinski definition) is 5. The molecular formula is C33H30F3N3O4. The van der Waals surface area contributed by atoms with E-state index in [-0.39, 0.29) is 24.1 Å². The standard InChI is InChI=1S/C33H30F3N3O4/c1-22-5-12-27(38-32(41)26-10-13-28(14-11-26)39-15-17-42-18-16-39)20-30(22)24-6-8-25(9-7-24)31(40)37-21-23-3-2-4-29(19-23)43-33(34,35)36/h2-14,19-20H,15-18,21H2,1H3,(H,37,40)(H,38,41). The van der Waals surface area contributed by atoms with Crippen LogP contribution in [0.25, 0.3) is 11.1 Å². The van der Waals surface area contributed by atoms with Crippen molar-refractivity contribution >= 4 is 23.2 Å². The van der Waals surface area contributed by atoms with Crippen molar-refractivity contribution in [3.63, 3.8) is 0 Å². The van der Waals surface area contributed by atoms with E-state index in [2.05, 4.69) is 20.3 Å². The van der Waals surface area contributed by atoms with Crippen LogP contribution in [0.5, 0.6) is 5.75 Å². The molecule has 1 aliphatic heterocycles. The Morgan fingerprint density at radius 2 is 1.53 bits per heavy atom. The smallest absolute Gasteiger partial charge is 0.406 e. The molecule has 222 valence electrons. The molecule has 1 aliphatic rings. The molecule has 0 aliphatic carbocycles. The van der Waals surface area contributed by atoms with Gasteiger partial charge in [0, 0.05) is 42.1 Å². The molecule has 0 radical (unpaired) electrons. The van der Waals surface area contributed by atoms with Crippen LogP contribution in [0.4, 0.5) is 24.5 Å². The molecule has 10 heteroatoms. The van der Waals surface area contributed by atoms with Gasteiger partial charge in [-0.05, 0) is 89.8 Å². The van der Waals surface area contributed by atoms with Crippen molar-refractivity contribution in [2.75, 3.05) is 36.5 Å². The molecule has 0 saturated carbocycles. The minimum atomic E-state index is -4.79. The van der Waals surface area contributed by atoms with Crippen molar-refractivity contribution in [3.8, 4) is 16.9 Å². The van der Waals surface area contributed by atoms with Gasteiger partial charge in [0.25, 0.3) is 11.8 Å². The summed E-state index contributed by atoms with van der Waals surface area (Å²) in [6.45, 7) is 5.02. The predicted molar refractivity (Wildman–Crippen MR) is 158 cm³/mol. The lowest BCUT2D eigenvalue weighted by Gasteiger charge is -2.28. The number of benzene rings is 4. The number of alkyl halides is 3. The molecule has 4 aromatic rings.